The van der Waals surface area contributed by atoms with Gasteiger partial charge in [0.15, 0.2) is 11.6 Å². The van der Waals surface area contributed by atoms with Crippen molar-refractivity contribution in [3.8, 4) is 5.75 Å². The van der Waals surface area contributed by atoms with E-state index in [0.29, 0.717) is 23.9 Å². The molecule has 1 aliphatic rings. The molecule has 0 atom stereocenters. The number of methoxy groups -OCH3 is 1. The van der Waals surface area contributed by atoms with Crippen molar-refractivity contribution < 1.29 is 4.74 Å². The van der Waals surface area contributed by atoms with E-state index in [4.69, 9.17) is 10.5 Å². The summed E-state index contributed by atoms with van der Waals surface area (Å²) in [7, 11) is 1.66. The molecule has 1 saturated heterocycles. The van der Waals surface area contributed by atoms with Crippen LogP contribution in [0.4, 0.5) is 17.3 Å². The molecule has 0 aliphatic carbocycles. The van der Waals surface area contributed by atoms with Gasteiger partial charge in [0.2, 0.25) is 0 Å². The molecule has 0 saturated carbocycles. The lowest BCUT2D eigenvalue weighted by Crippen LogP contribution is -2.60. The molecule has 2 heterocycles. The molecule has 0 amide bonds. The number of piperidine rings is 1. The molecule has 1 aromatic carbocycles. The Kier molecular flexibility index (Phi) is 5.65. The summed E-state index contributed by atoms with van der Waals surface area (Å²) in [4.78, 5) is 8.70. The summed E-state index contributed by atoms with van der Waals surface area (Å²) in [5.74, 6) is 2.16. The lowest BCUT2D eigenvalue weighted by Gasteiger charge is -2.46. The van der Waals surface area contributed by atoms with E-state index < -0.39 is 0 Å². The van der Waals surface area contributed by atoms with E-state index in [2.05, 4.69) is 53.6 Å². The highest BCUT2D eigenvalue weighted by molar-refractivity contribution is 5.74. The summed E-state index contributed by atoms with van der Waals surface area (Å²) >= 11 is 0. The number of nitrogen functional groups attached to an aromatic ring is 1. The molecule has 0 unspecified atom stereocenters. The molecule has 0 radical (unpaired) electrons. The summed E-state index contributed by atoms with van der Waals surface area (Å²) < 4.78 is 5.19. The van der Waals surface area contributed by atoms with Crippen LogP contribution in [0.15, 0.2) is 30.6 Å². The van der Waals surface area contributed by atoms with E-state index >= 15 is 0 Å². The molecule has 0 bridgehead atoms. The van der Waals surface area contributed by atoms with Gasteiger partial charge < -0.3 is 26.4 Å². The Morgan fingerprint density at radius 1 is 1.07 bits per heavy atom. The second-order valence-corrected chi connectivity index (χ2v) is 8.83. The second-order valence-electron chi connectivity index (χ2n) is 8.83. The van der Waals surface area contributed by atoms with Gasteiger partial charge in [0.05, 0.1) is 7.11 Å². The molecule has 5 N–H and O–H groups in total. The highest BCUT2D eigenvalue weighted by Crippen LogP contribution is 2.32. The van der Waals surface area contributed by atoms with Crippen LogP contribution in [0.25, 0.3) is 0 Å². The Morgan fingerprint density at radius 3 is 2.29 bits per heavy atom. The zero-order valence-electron chi connectivity index (χ0n) is 17.5. The summed E-state index contributed by atoms with van der Waals surface area (Å²) in [6.07, 6.45) is 3.54. The normalized spacial score (nSPS) is 18.5. The van der Waals surface area contributed by atoms with Crippen LogP contribution in [0.5, 0.6) is 5.75 Å². The smallest absolute Gasteiger partial charge is 0.155 e. The minimum Gasteiger partial charge on any atom is -0.497 e. The molecule has 2 aromatic rings. The van der Waals surface area contributed by atoms with Gasteiger partial charge in [-0.05, 0) is 58.2 Å². The van der Waals surface area contributed by atoms with E-state index in [9.17, 15) is 0 Å². The van der Waals surface area contributed by atoms with Crippen molar-refractivity contribution in [2.45, 2.75) is 64.2 Å². The van der Waals surface area contributed by atoms with Gasteiger partial charge in [-0.3, -0.25) is 0 Å². The number of rotatable bonds is 6. The number of ether oxygens (including phenoxy) is 1. The van der Waals surface area contributed by atoms with Crippen LogP contribution >= 0.6 is 0 Å². The lowest BCUT2D eigenvalue weighted by molar-refractivity contribution is 0.170. The quantitative estimate of drug-likeness (QED) is 0.606. The van der Waals surface area contributed by atoms with Crippen LogP contribution < -0.4 is 26.4 Å². The Hall–Kier alpha value is -2.54. The summed E-state index contributed by atoms with van der Waals surface area (Å²) in [5.41, 5.74) is 8.13. The second kappa shape index (κ2) is 7.83. The van der Waals surface area contributed by atoms with Crippen molar-refractivity contribution in [3.05, 3.63) is 36.2 Å². The molecule has 1 aromatic heterocycles. The highest BCUT2D eigenvalue weighted by atomic mass is 16.5. The number of hydrogen-bond donors (Lipinski definition) is 4. The molecule has 1 aliphatic heterocycles. The van der Waals surface area contributed by atoms with E-state index in [1.54, 1.807) is 13.4 Å². The third-order valence-corrected chi connectivity index (χ3v) is 5.03. The number of benzene rings is 1. The van der Waals surface area contributed by atoms with Gasteiger partial charge in [-0.1, -0.05) is 12.1 Å². The van der Waals surface area contributed by atoms with Crippen LogP contribution in [0.3, 0.4) is 0 Å². The number of nitrogens with two attached hydrogens (primary N) is 1. The Labute approximate surface area is 167 Å². The molecule has 152 valence electrons. The Bertz CT molecular complexity index is 787. The average molecular weight is 385 g/mol. The minimum atomic E-state index is 0.0522. The monoisotopic (exact) mass is 384 g/mol. The van der Waals surface area contributed by atoms with Crippen LogP contribution in [-0.4, -0.2) is 34.2 Å². The SMILES string of the molecule is COc1ccc(CNc2ncnc(NC3CC(C)(C)NC(C)(C)C3)c2N)cc1. The van der Waals surface area contributed by atoms with Crippen molar-refractivity contribution in [3.63, 3.8) is 0 Å². The molecule has 1 fully saturated rings. The Morgan fingerprint density at radius 2 is 1.68 bits per heavy atom. The van der Waals surface area contributed by atoms with Crippen molar-refractivity contribution in [2.75, 3.05) is 23.5 Å². The molecule has 7 nitrogen and oxygen atoms in total. The maximum absolute atomic E-state index is 6.36. The van der Waals surface area contributed by atoms with Crippen molar-refractivity contribution in [2.24, 2.45) is 0 Å². The highest BCUT2D eigenvalue weighted by Gasteiger charge is 2.37. The zero-order valence-corrected chi connectivity index (χ0v) is 17.5. The van der Waals surface area contributed by atoms with Crippen molar-refractivity contribution >= 4 is 17.3 Å². The third kappa shape index (κ3) is 5.04. The number of hydrogen-bond acceptors (Lipinski definition) is 7. The first-order valence-corrected chi connectivity index (χ1v) is 9.71. The van der Waals surface area contributed by atoms with Gasteiger partial charge in [0, 0.05) is 23.7 Å². The van der Waals surface area contributed by atoms with Crippen LogP contribution in [0.1, 0.15) is 46.1 Å². The van der Waals surface area contributed by atoms with Gasteiger partial charge >= 0.3 is 0 Å². The largest absolute Gasteiger partial charge is 0.497 e. The number of anilines is 3. The summed E-state index contributed by atoms with van der Waals surface area (Å²) in [6, 6.07) is 8.20. The summed E-state index contributed by atoms with van der Waals surface area (Å²) in [6.45, 7) is 9.54. The standard InChI is InChI=1S/C21H32N6O/c1-20(2)10-15(11-21(3,4)27-20)26-19-17(22)18(24-13-25-19)23-12-14-6-8-16(28-5)9-7-14/h6-9,13,15,27H,10-12,22H2,1-5H3,(H2,23,24,25,26). The summed E-state index contributed by atoms with van der Waals surface area (Å²) in [5, 5.41) is 10.5. The first kappa shape index (κ1) is 20.2. The first-order chi connectivity index (χ1) is 13.2. The van der Waals surface area contributed by atoms with Crippen LogP contribution in [0.2, 0.25) is 0 Å². The van der Waals surface area contributed by atoms with Crippen LogP contribution in [-0.2, 0) is 6.54 Å². The van der Waals surface area contributed by atoms with Gasteiger partial charge in [-0.2, -0.15) is 0 Å². The molecule has 0 spiro atoms. The number of nitrogens with zero attached hydrogens (tertiary/aromatic N) is 2. The third-order valence-electron chi connectivity index (χ3n) is 5.03. The van der Waals surface area contributed by atoms with E-state index in [-0.39, 0.29) is 17.1 Å². The Balaban J connectivity index is 1.68. The first-order valence-electron chi connectivity index (χ1n) is 9.71. The number of aromatic nitrogens is 2. The van der Waals surface area contributed by atoms with Gasteiger partial charge in [0.1, 0.15) is 17.8 Å². The lowest BCUT2D eigenvalue weighted by atomic mass is 9.79. The predicted octanol–water partition coefficient (Wildman–Crippen LogP) is 3.40. The van der Waals surface area contributed by atoms with Gasteiger partial charge in [-0.15, -0.1) is 0 Å². The molecular weight excluding hydrogens is 352 g/mol. The fourth-order valence-electron chi connectivity index (χ4n) is 4.20. The van der Waals surface area contributed by atoms with Crippen LogP contribution in [0, 0.1) is 0 Å². The van der Waals surface area contributed by atoms with Gasteiger partial charge in [-0.25, -0.2) is 9.97 Å². The van der Waals surface area contributed by atoms with E-state index in [1.807, 2.05) is 24.3 Å². The van der Waals surface area contributed by atoms with Crippen molar-refractivity contribution in [1.82, 2.24) is 15.3 Å². The average Bonchev–Trinajstić information content (AvgIpc) is 2.60. The van der Waals surface area contributed by atoms with Crippen molar-refractivity contribution in [1.29, 1.82) is 0 Å². The fraction of sp³-hybridized carbons (Fsp3) is 0.524. The molecule has 7 heteroatoms. The van der Waals surface area contributed by atoms with E-state index in [0.717, 1.165) is 24.2 Å². The molecular formula is C21H32N6O. The maximum Gasteiger partial charge on any atom is 0.155 e. The zero-order chi connectivity index (χ0) is 20.4. The van der Waals surface area contributed by atoms with E-state index in [1.165, 1.54) is 0 Å². The van der Waals surface area contributed by atoms with Gasteiger partial charge in [0.25, 0.3) is 0 Å². The molecule has 3 rings (SSSR count). The topological polar surface area (TPSA) is 97.1 Å². The number of nitrogens with one attached hydrogen (secondary N) is 3. The molecule has 28 heavy (non-hydrogen) atoms. The fourth-order valence-corrected chi connectivity index (χ4v) is 4.20. The minimum absolute atomic E-state index is 0.0522. The predicted molar refractivity (Wildman–Crippen MR) is 115 cm³/mol. The maximum atomic E-state index is 6.36.